The van der Waals surface area contributed by atoms with Crippen molar-refractivity contribution in [1.29, 1.82) is 0 Å². The van der Waals surface area contributed by atoms with Gasteiger partial charge in [0, 0.05) is 23.2 Å². The number of anilines is 1. The van der Waals surface area contributed by atoms with Crippen molar-refractivity contribution in [2.24, 2.45) is 0 Å². The minimum atomic E-state index is -0.274. The van der Waals surface area contributed by atoms with Gasteiger partial charge in [-0.15, -0.1) is 0 Å². The smallest absolute Gasteiger partial charge is 0.262 e. The van der Waals surface area contributed by atoms with Crippen molar-refractivity contribution in [3.8, 4) is 5.75 Å². The molecular weight excluding hydrogens is 408 g/mol. The van der Waals surface area contributed by atoms with Gasteiger partial charge in [-0.2, -0.15) is 0 Å². The van der Waals surface area contributed by atoms with E-state index < -0.39 is 0 Å². The number of ether oxygens (including phenoxy) is 1. The molecule has 0 aliphatic heterocycles. The molecule has 1 aliphatic carbocycles. The highest BCUT2D eigenvalue weighted by Gasteiger charge is 2.26. The predicted octanol–water partition coefficient (Wildman–Crippen LogP) is 4.48. The van der Waals surface area contributed by atoms with Crippen molar-refractivity contribution in [2.45, 2.75) is 31.7 Å². The third-order valence-electron chi connectivity index (χ3n) is 4.80. The molecule has 3 rings (SSSR count). The normalized spacial score (nSPS) is 14.0. The minimum absolute atomic E-state index is 0.0641. The maximum Gasteiger partial charge on any atom is 0.262 e. The van der Waals surface area contributed by atoms with Crippen LogP contribution in [0, 0.1) is 0 Å². The van der Waals surface area contributed by atoms with Crippen molar-refractivity contribution in [1.82, 2.24) is 4.90 Å². The molecule has 2 aromatic rings. The standard InChI is InChI=1S/C21H23BrN2O3/c1-24(17-6-2-3-7-17)21(26)18-8-4-5-9-19(18)27-14-20(25)23-16-12-10-15(22)11-13-16/h4-5,8-13,17H,2-3,6-7,14H2,1H3,(H,23,25). The summed E-state index contributed by atoms with van der Waals surface area (Å²) in [6.45, 7) is -0.159. The van der Waals surface area contributed by atoms with Gasteiger partial charge in [-0.25, -0.2) is 0 Å². The highest BCUT2D eigenvalue weighted by atomic mass is 79.9. The van der Waals surface area contributed by atoms with Gasteiger partial charge in [0.25, 0.3) is 11.8 Å². The molecule has 1 aliphatic rings. The van der Waals surface area contributed by atoms with Crippen LogP contribution in [0.25, 0.3) is 0 Å². The Hall–Kier alpha value is -2.34. The number of halogens is 1. The number of amides is 2. The average molecular weight is 431 g/mol. The van der Waals surface area contributed by atoms with Gasteiger partial charge < -0.3 is 15.0 Å². The maximum atomic E-state index is 12.9. The first kappa shape index (κ1) is 19.4. The largest absolute Gasteiger partial charge is 0.483 e. The summed E-state index contributed by atoms with van der Waals surface area (Å²) in [5.74, 6) is 0.0906. The average Bonchev–Trinajstić information content (AvgIpc) is 3.22. The second-order valence-corrected chi connectivity index (χ2v) is 7.61. The molecule has 27 heavy (non-hydrogen) atoms. The number of nitrogens with one attached hydrogen (secondary N) is 1. The van der Waals surface area contributed by atoms with Crippen molar-refractivity contribution < 1.29 is 14.3 Å². The van der Waals surface area contributed by atoms with Crippen LogP contribution in [0.5, 0.6) is 5.75 Å². The third-order valence-corrected chi connectivity index (χ3v) is 5.33. The molecule has 5 nitrogen and oxygen atoms in total. The number of rotatable bonds is 6. The quantitative estimate of drug-likeness (QED) is 0.734. The van der Waals surface area contributed by atoms with E-state index >= 15 is 0 Å². The lowest BCUT2D eigenvalue weighted by molar-refractivity contribution is -0.118. The molecule has 0 atom stereocenters. The molecule has 0 heterocycles. The number of hydrogen-bond donors (Lipinski definition) is 1. The molecule has 1 fully saturated rings. The Kier molecular flexibility index (Phi) is 6.50. The molecule has 0 aromatic heterocycles. The Morgan fingerprint density at radius 3 is 2.48 bits per heavy atom. The van der Waals surface area contributed by atoms with E-state index in [2.05, 4.69) is 21.2 Å². The highest BCUT2D eigenvalue weighted by Crippen LogP contribution is 2.26. The van der Waals surface area contributed by atoms with E-state index in [1.165, 1.54) is 0 Å². The van der Waals surface area contributed by atoms with Crippen LogP contribution in [0.2, 0.25) is 0 Å². The van der Waals surface area contributed by atoms with Crippen molar-refractivity contribution in [3.05, 3.63) is 58.6 Å². The molecule has 0 radical (unpaired) electrons. The van der Waals surface area contributed by atoms with E-state index in [9.17, 15) is 9.59 Å². The van der Waals surface area contributed by atoms with Crippen LogP contribution in [0.3, 0.4) is 0 Å². The zero-order chi connectivity index (χ0) is 19.2. The summed E-state index contributed by atoms with van der Waals surface area (Å²) < 4.78 is 6.60. The van der Waals surface area contributed by atoms with Crippen LogP contribution in [0.1, 0.15) is 36.0 Å². The summed E-state index contributed by atoms with van der Waals surface area (Å²) in [4.78, 5) is 26.8. The van der Waals surface area contributed by atoms with Gasteiger partial charge in [-0.1, -0.05) is 40.9 Å². The first-order valence-electron chi connectivity index (χ1n) is 9.09. The number of para-hydroxylation sites is 1. The number of carbonyl (C=O) groups is 2. The fraction of sp³-hybridized carbons (Fsp3) is 0.333. The summed E-state index contributed by atoms with van der Waals surface area (Å²) in [7, 11) is 1.84. The van der Waals surface area contributed by atoms with Crippen molar-refractivity contribution >= 4 is 33.4 Å². The molecule has 0 spiro atoms. The SMILES string of the molecule is CN(C(=O)c1ccccc1OCC(=O)Nc1ccc(Br)cc1)C1CCCC1. The minimum Gasteiger partial charge on any atom is -0.483 e. The monoisotopic (exact) mass is 430 g/mol. The van der Waals surface area contributed by atoms with Crippen LogP contribution in [0.15, 0.2) is 53.0 Å². The van der Waals surface area contributed by atoms with Crippen molar-refractivity contribution in [3.63, 3.8) is 0 Å². The van der Waals surface area contributed by atoms with Gasteiger partial charge in [0.2, 0.25) is 0 Å². The molecule has 1 saturated carbocycles. The van der Waals surface area contributed by atoms with E-state index in [-0.39, 0.29) is 24.5 Å². The molecule has 142 valence electrons. The van der Waals surface area contributed by atoms with E-state index in [0.29, 0.717) is 17.0 Å². The summed E-state index contributed by atoms with van der Waals surface area (Å²) in [6, 6.07) is 14.7. The summed E-state index contributed by atoms with van der Waals surface area (Å²) in [5, 5.41) is 2.78. The van der Waals surface area contributed by atoms with Crippen LogP contribution in [-0.4, -0.2) is 36.4 Å². The molecule has 1 N–H and O–H groups in total. The fourth-order valence-electron chi connectivity index (χ4n) is 3.29. The second kappa shape index (κ2) is 9.04. The van der Waals surface area contributed by atoms with Crippen LogP contribution < -0.4 is 10.1 Å². The molecule has 0 saturated heterocycles. The topological polar surface area (TPSA) is 58.6 Å². The van der Waals surface area contributed by atoms with E-state index in [1.54, 1.807) is 35.2 Å². The zero-order valence-corrected chi connectivity index (χ0v) is 16.9. The van der Waals surface area contributed by atoms with Crippen LogP contribution in [0.4, 0.5) is 5.69 Å². The van der Waals surface area contributed by atoms with E-state index in [4.69, 9.17) is 4.74 Å². The summed E-state index contributed by atoms with van der Waals surface area (Å²) in [5.41, 5.74) is 1.18. The van der Waals surface area contributed by atoms with Gasteiger partial charge in [-0.3, -0.25) is 9.59 Å². The number of nitrogens with zero attached hydrogens (tertiary/aromatic N) is 1. The van der Waals surface area contributed by atoms with Gasteiger partial charge in [0.15, 0.2) is 6.61 Å². The lowest BCUT2D eigenvalue weighted by Crippen LogP contribution is -2.35. The first-order valence-corrected chi connectivity index (χ1v) is 9.88. The first-order chi connectivity index (χ1) is 13.0. The van der Waals surface area contributed by atoms with Gasteiger partial charge in [-0.05, 0) is 49.2 Å². The van der Waals surface area contributed by atoms with Gasteiger partial charge >= 0.3 is 0 Å². The summed E-state index contributed by atoms with van der Waals surface area (Å²) in [6.07, 6.45) is 4.41. The van der Waals surface area contributed by atoms with E-state index in [1.807, 2.05) is 25.2 Å². The molecule has 6 heteroatoms. The Morgan fingerprint density at radius 1 is 1.11 bits per heavy atom. The Balaban J connectivity index is 1.62. The van der Waals surface area contributed by atoms with Gasteiger partial charge in [0.1, 0.15) is 5.75 Å². The maximum absolute atomic E-state index is 12.9. The molecule has 0 unspecified atom stereocenters. The molecule has 2 aromatic carbocycles. The van der Waals surface area contributed by atoms with Crippen molar-refractivity contribution in [2.75, 3.05) is 19.0 Å². The number of benzene rings is 2. The Bertz CT molecular complexity index is 801. The Labute approximate surface area is 167 Å². The Morgan fingerprint density at radius 2 is 1.78 bits per heavy atom. The summed E-state index contributed by atoms with van der Waals surface area (Å²) >= 11 is 3.36. The number of carbonyl (C=O) groups excluding carboxylic acids is 2. The molecule has 2 amide bonds. The number of hydrogen-bond acceptors (Lipinski definition) is 3. The predicted molar refractivity (Wildman–Crippen MR) is 109 cm³/mol. The second-order valence-electron chi connectivity index (χ2n) is 6.69. The van der Waals surface area contributed by atoms with Gasteiger partial charge in [0.05, 0.1) is 5.56 Å². The van der Waals surface area contributed by atoms with E-state index in [0.717, 1.165) is 30.2 Å². The zero-order valence-electron chi connectivity index (χ0n) is 15.3. The van der Waals surface area contributed by atoms with Crippen LogP contribution in [-0.2, 0) is 4.79 Å². The molecular formula is C21H23BrN2O3. The lowest BCUT2D eigenvalue weighted by Gasteiger charge is -2.25. The lowest BCUT2D eigenvalue weighted by atomic mass is 10.1. The van der Waals surface area contributed by atoms with Crippen LogP contribution >= 0.6 is 15.9 Å². The third kappa shape index (κ3) is 5.10. The fourth-order valence-corrected chi connectivity index (χ4v) is 3.55. The molecule has 0 bridgehead atoms. The highest BCUT2D eigenvalue weighted by molar-refractivity contribution is 9.10.